The number of sulfonamides is 1. The number of carbonyl (C=O) groups excluding carboxylic acids is 1. The Morgan fingerprint density at radius 3 is 2.67 bits per heavy atom. The molecule has 142 valence electrons. The smallest absolute Gasteiger partial charge is 0.271 e. The summed E-state index contributed by atoms with van der Waals surface area (Å²) in [6.45, 7) is 0.180. The van der Waals surface area contributed by atoms with Gasteiger partial charge in [0.2, 0.25) is 0 Å². The maximum Gasteiger partial charge on any atom is 0.271 e. The van der Waals surface area contributed by atoms with E-state index < -0.39 is 21.7 Å². The quantitative estimate of drug-likeness (QED) is 0.658. The Hall–Kier alpha value is -2.14. The van der Waals surface area contributed by atoms with Gasteiger partial charge in [-0.3, -0.25) is 4.79 Å². The highest BCUT2D eigenvalue weighted by Gasteiger charge is 2.20. The highest BCUT2D eigenvalue weighted by atomic mass is 32.2. The molecule has 1 amide bonds. The van der Waals surface area contributed by atoms with Crippen LogP contribution < -0.4 is 5.32 Å². The lowest BCUT2D eigenvalue weighted by atomic mass is 10.2. The molecule has 0 aliphatic heterocycles. The van der Waals surface area contributed by atoms with Crippen molar-refractivity contribution < 1.29 is 17.6 Å². The van der Waals surface area contributed by atoms with Crippen LogP contribution in [-0.2, 0) is 16.6 Å². The van der Waals surface area contributed by atoms with Crippen LogP contribution in [0.3, 0.4) is 0 Å². The number of hydrogen-bond acceptors (Lipinski definition) is 6. The maximum atomic E-state index is 13.8. The molecule has 6 nitrogen and oxygen atoms in total. The lowest BCUT2D eigenvalue weighted by Gasteiger charge is -2.08. The first kappa shape index (κ1) is 19.6. The van der Waals surface area contributed by atoms with Gasteiger partial charge in [0.1, 0.15) is 20.7 Å². The number of benzene rings is 1. The zero-order valence-corrected chi connectivity index (χ0v) is 16.9. The van der Waals surface area contributed by atoms with Gasteiger partial charge >= 0.3 is 0 Å². The van der Waals surface area contributed by atoms with Crippen LogP contribution in [0.25, 0.3) is 10.6 Å². The summed E-state index contributed by atoms with van der Waals surface area (Å²) in [5.74, 6) is -0.800. The molecule has 0 radical (unpaired) electrons. The van der Waals surface area contributed by atoms with Crippen molar-refractivity contribution >= 4 is 38.6 Å². The fourth-order valence-corrected chi connectivity index (χ4v) is 5.46. The van der Waals surface area contributed by atoms with Gasteiger partial charge in [-0.1, -0.05) is 12.1 Å². The van der Waals surface area contributed by atoms with E-state index in [0.717, 1.165) is 15.6 Å². The summed E-state index contributed by atoms with van der Waals surface area (Å²) >= 11 is 2.28. The van der Waals surface area contributed by atoms with Gasteiger partial charge in [-0.2, -0.15) is 0 Å². The molecule has 0 aliphatic rings. The van der Waals surface area contributed by atoms with E-state index in [4.69, 9.17) is 0 Å². The Labute approximate surface area is 164 Å². The molecule has 1 aromatic carbocycles. The molecule has 2 heterocycles. The second-order valence-electron chi connectivity index (χ2n) is 5.71. The average Bonchev–Trinajstić information content (AvgIpc) is 3.30. The molecule has 10 heteroatoms. The molecule has 0 fully saturated rings. The van der Waals surface area contributed by atoms with E-state index in [9.17, 15) is 17.6 Å². The molecule has 2 aromatic heterocycles. The third kappa shape index (κ3) is 4.24. The van der Waals surface area contributed by atoms with Crippen LogP contribution in [-0.4, -0.2) is 37.7 Å². The van der Waals surface area contributed by atoms with E-state index in [1.165, 1.54) is 37.6 Å². The van der Waals surface area contributed by atoms with Crippen LogP contribution in [0.15, 0.2) is 46.0 Å². The largest absolute Gasteiger partial charge is 0.346 e. The minimum atomic E-state index is -3.49. The molecule has 0 spiro atoms. The molecular weight excluding hydrogens is 409 g/mol. The van der Waals surface area contributed by atoms with Crippen molar-refractivity contribution in [1.29, 1.82) is 0 Å². The fraction of sp³-hybridized carbons (Fsp3) is 0.176. The second-order valence-corrected chi connectivity index (χ2v) is 10.1. The van der Waals surface area contributed by atoms with E-state index in [0.29, 0.717) is 15.4 Å². The number of nitrogens with zero attached hydrogens (tertiary/aromatic N) is 2. The van der Waals surface area contributed by atoms with Gasteiger partial charge in [-0.05, 0) is 24.3 Å². The van der Waals surface area contributed by atoms with Crippen molar-refractivity contribution in [3.05, 3.63) is 58.2 Å². The summed E-state index contributed by atoms with van der Waals surface area (Å²) in [6, 6.07) is 9.41. The van der Waals surface area contributed by atoms with E-state index in [2.05, 4.69) is 10.3 Å². The summed E-state index contributed by atoms with van der Waals surface area (Å²) in [5, 5.41) is 4.69. The Morgan fingerprint density at radius 1 is 1.22 bits per heavy atom. The highest BCUT2D eigenvalue weighted by molar-refractivity contribution is 7.91. The minimum Gasteiger partial charge on any atom is -0.346 e. The van der Waals surface area contributed by atoms with Gasteiger partial charge in [0.25, 0.3) is 15.9 Å². The predicted octanol–water partition coefficient (Wildman–Crippen LogP) is 3.19. The number of amides is 1. The van der Waals surface area contributed by atoms with E-state index in [1.807, 2.05) is 0 Å². The van der Waals surface area contributed by atoms with Gasteiger partial charge in [0.05, 0.1) is 6.54 Å². The Bertz CT molecular complexity index is 1070. The first-order valence-electron chi connectivity index (χ1n) is 7.79. The molecule has 0 aliphatic carbocycles. The number of halogens is 1. The summed E-state index contributed by atoms with van der Waals surface area (Å²) in [5.41, 5.74) is 0.536. The maximum absolute atomic E-state index is 13.8. The number of rotatable bonds is 6. The van der Waals surface area contributed by atoms with Crippen molar-refractivity contribution in [3.63, 3.8) is 0 Å². The average molecular weight is 426 g/mol. The first-order valence-corrected chi connectivity index (χ1v) is 10.9. The van der Waals surface area contributed by atoms with Crippen LogP contribution in [0.4, 0.5) is 4.39 Å². The number of thiophene rings is 1. The van der Waals surface area contributed by atoms with Crippen molar-refractivity contribution in [2.75, 3.05) is 14.1 Å². The topological polar surface area (TPSA) is 79.4 Å². The lowest BCUT2D eigenvalue weighted by molar-refractivity contribution is 0.0947. The second kappa shape index (κ2) is 7.85. The molecule has 0 saturated carbocycles. The number of hydrogen-bond donors (Lipinski definition) is 1. The predicted molar refractivity (Wildman–Crippen MR) is 104 cm³/mol. The molecule has 0 unspecified atom stereocenters. The van der Waals surface area contributed by atoms with Gasteiger partial charge < -0.3 is 5.32 Å². The molecule has 1 N–H and O–H groups in total. The summed E-state index contributed by atoms with van der Waals surface area (Å²) in [7, 11) is -0.557. The van der Waals surface area contributed by atoms with Crippen LogP contribution in [0.2, 0.25) is 0 Å². The van der Waals surface area contributed by atoms with E-state index in [-0.39, 0.29) is 16.4 Å². The molecule has 3 aromatic rings. The lowest BCUT2D eigenvalue weighted by Crippen LogP contribution is -2.22. The Kier molecular flexibility index (Phi) is 5.70. The number of aromatic nitrogens is 1. The van der Waals surface area contributed by atoms with Crippen molar-refractivity contribution in [2.24, 2.45) is 0 Å². The van der Waals surface area contributed by atoms with Gasteiger partial charge in [0, 0.05) is 29.9 Å². The van der Waals surface area contributed by atoms with Gasteiger partial charge in [-0.25, -0.2) is 22.1 Å². The zero-order chi connectivity index (χ0) is 19.6. The van der Waals surface area contributed by atoms with Gasteiger partial charge in [0.15, 0.2) is 0 Å². The van der Waals surface area contributed by atoms with Crippen LogP contribution in [0.1, 0.15) is 15.4 Å². The van der Waals surface area contributed by atoms with Gasteiger partial charge in [-0.15, -0.1) is 22.7 Å². The van der Waals surface area contributed by atoms with E-state index >= 15 is 0 Å². The molecule has 27 heavy (non-hydrogen) atoms. The highest BCUT2D eigenvalue weighted by Crippen LogP contribution is 2.26. The number of carbonyl (C=O) groups is 1. The summed E-state index contributed by atoms with van der Waals surface area (Å²) in [6.07, 6.45) is 0. The van der Waals surface area contributed by atoms with Crippen molar-refractivity contribution in [3.8, 4) is 10.6 Å². The van der Waals surface area contributed by atoms with Crippen LogP contribution in [0.5, 0.6) is 0 Å². The third-order valence-electron chi connectivity index (χ3n) is 3.64. The van der Waals surface area contributed by atoms with E-state index in [1.54, 1.807) is 29.6 Å². The van der Waals surface area contributed by atoms with Crippen LogP contribution in [0, 0.1) is 5.82 Å². The molecular formula is C17H16FN3O3S3. The number of thiazole rings is 1. The molecule has 0 atom stereocenters. The zero-order valence-electron chi connectivity index (χ0n) is 14.5. The van der Waals surface area contributed by atoms with Crippen LogP contribution >= 0.6 is 22.7 Å². The van der Waals surface area contributed by atoms with Crippen molar-refractivity contribution in [2.45, 2.75) is 10.8 Å². The SMILES string of the molecule is CN(C)S(=O)(=O)c1ccc(CNC(=O)c2csc(-c3ccccc3F)n2)s1. The molecule has 0 bridgehead atoms. The monoisotopic (exact) mass is 425 g/mol. The Morgan fingerprint density at radius 2 is 1.96 bits per heavy atom. The third-order valence-corrected chi connectivity index (χ3v) is 7.88. The summed E-state index contributed by atoms with van der Waals surface area (Å²) < 4.78 is 39.3. The normalized spacial score (nSPS) is 11.7. The molecule has 0 saturated heterocycles. The fourth-order valence-electron chi connectivity index (χ4n) is 2.17. The number of nitrogens with one attached hydrogen (secondary N) is 1. The minimum absolute atomic E-state index is 0.180. The standard InChI is InChI=1S/C17H16FN3O3S3/c1-21(2)27(23,24)15-8-7-11(26-15)9-19-16(22)14-10-25-17(20-14)12-5-3-4-6-13(12)18/h3-8,10H,9H2,1-2H3,(H,19,22). The molecule has 3 rings (SSSR count). The van der Waals surface area contributed by atoms with Crippen molar-refractivity contribution in [1.82, 2.24) is 14.6 Å². The summed E-state index contributed by atoms with van der Waals surface area (Å²) in [4.78, 5) is 17.2. The Balaban J connectivity index is 1.67. The first-order chi connectivity index (χ1) is 12.8.